The first-order valence-electron chi connectivity index (χ1n) is 9.96. The SMILES string of the molecule is O=C(c1ccccc1)c1ccccc1C(=O)N1CCC(N2CCCC2)CC1. The van der Waals surface area contributed by atoms with Crippen molar-refractivity contribution in [3.05, 3.63) is 71.3 Å². The topological polar surface area (TPSA) is 40.6 Å². The summed E-state index contributed by atoms with van der Waals surface area (Å²) < 4.78 is 0. The Labute approximate surface area is 160 Å². The molecule has 0 atom stereocenters. The highest BCUT2D eigenvalue weighted by atomic mass is 16.2. The van der Waals surface area contributed by atoms with Crippen molar-refractivity contribution >= 4 is 11.7 Å². The number of piperidine rings is 1. The largest absolute Gasteiger partial charge is 0.339 e. The van der Waals surface area contributed by atoms with Gasteiger partial charge < -0.3 is 9.80 Å². The van der Waals surface area contributed by atoms with Crippen LogP contribution in [0, 0.1) is 0 Å². The standard InChI is InChI=1S/C23H26N2O2/c26-22(18-8-2-1-3-9-18)20-10-4-5-11-21(20)23(27)25-16-12-19(13-17-25)24-14-6-7-15-24/h1-5,8-11,19H,6-7,12-17H2. The molecule has 0 aromatic heterocycles. The van der Waals surface area contributed by atoms with Gasteiger partial charge in [-0.25, -0.2) is 0 Å². The van der Waals surface area contributed by atoms with Crippen LogP contribution in [0.1, 0.15) is 52.0 Å². The van der Waals surface area contributed by atoms with Crippen molar-refractivity contribution in [1.29, 1.82) is 0 Å². The molecule has 0 unspecified atom stereocenters. The van der Waals surface area contributed by atoms with Gasteiger partial charge in [0.15, 0.2) is 5.78 Å². The van der Waals surface area contributed by atoms with Gasteiger partial charge in [-0.1, -0.05) is 48.5 Å². The molecule has 4 nitrogen and oxygen atoms in total. The fourth-order valence-corrected chi connectivity index (χ4v) is 4.32. The molecule has 0 bridgehead atoms. The van der Waals surface area contributed by atoms with E-state index in [4.69, 9.17) is 0 Å². The molecule has 4 rings (SSSR count). The normalized spacial score (nSPS) is 18.6. The van der Waals surface area contributed by atoms with E-state index in [2.05, 4.69) is 4.90 Å². The molecule has 2 heterocycles. The van der Waals surface area contributed by atoms with Crippen LogP contribution in [0.25, 0.3) is 0 Å². The van der Waals surface area contributed by atoms with Crippen molar-refractivity contribution < 1.29 is 9.59 Å². The number of ketones is 1. The highest BCUT2D eigenvalue weighted by Gasteiger charge is 2.30. The minimum absolute atomic E-state index is 0.0187. The van der Waals surface area contributed by atoms with Crippen LogP contribution in [0.4, 0.5) is 0 Å². The van der Waals surface area contributed by atoms with E-state index in [1.54, 1.807) is 24.3 Å². The molecule has 1 amide bonds. The first-order valence-corrected chi connectivity index (χ1v) is 9.96. The summed E-state index contributed by atoms with van der Waals surface area (Å²) >= 11 is 0. The Bertz CT molecular complexity index is 804. The van der Waals surface area contributed by atoms with Gasteiger partial charge in [0.2, 0.25) is 0 Å². The van der Waals surface area contributed by atoms with Crippen LogP contribution in [-0.2, 0) is 0 Å². The molecule has 27 heavy (non-hydrogen) atoms. The molecular formula is C23H26N2O2. The van der Waals surface area contributed by atoms with Crippen molar-refractivity contribution in [1.82, 2.24) is 9.80 Å². The van der Waals surface area contributed by atoms with Gasteiger partial charge in [-0.05, 0) is 44.8 Å². The molecule has 2 aliphatic rings. The summed E-state index contributed by atoms with van der Waals surface area (Å²) in [6.07, 6.45) is 4.66. The van der Waals surface area contributed by atoms with Crippen LogP contribution in [0.5, 0.6) is 0 Å². The predicted octanol–water partition coefficient (Wildman–Crippen LogP) is 3.62. The van der Waals surface area contributed by atoms with E-state index in [9.17, 15) is 9.59 Å². The molecule has 0 spiro atoms. The van der Waals surface area contributed by atoms with E-state index in [1.165, 1.54) is 25.9 Å². The molecule has 0 aliphatic carbocycles. The zero-order chi connectivity index (χ0) is 18.6. The number of hydrogen-bond acceptors (Lipinski definition) is 3. The average molecular weight is 362 g/mol. The van der Waals surface area contributed by atoms with Gasteiger partial charge in [0.25, 0.3) is 5.91 Å². The van der Waals surface area contributed by atoms with E-state index in [0.717, 1.165) is 25.9 Å². The molecule has 140 valence electrons. The van der Waals surface area contributed by atoms with E-state index in [-0.39, 0.29) is 11.7 Å². The lowest BCUT2D eigenvalue weighted by Crippen LogP contribution is -2.46. The first kappa shape index (κ1) is 17.9. The molecule has 0 radical (unpaired) electrons. The van der Waals surface area contributed by atoms with Crippen LogP contribution >= 0.6 is 0 Å². The number of nitrogens with zero attached hydrogens (tertiary/aromatic N) is 2. The Hall–Kier alpha value is -2.46. The number of benzene rings is 2. The van der Waals surface area contributed by atoms with Crippen LogP contribution in [-0.4, -0.2) is 53.7 Å². The molecule has 2 aliphatic heterocycles. The average Bonchev–Trinajstić information content (AvgIpc) is 3.28. The van der Waals surface area contributed by atoms with Gasteiger partial charge in [0.05, 0.1) is 5.56 Å². The molecular weight excluding hydrogens is 336 g/mol. The molecule has 4 heteroatoms. The summed E-state index contributed by atoms with van der Waals surface area (Å²) in [7, 11) is 0. The highest BCUT2D eigenvalue weighted by molar-refractivity contribution is 6.15. The lowest BCUT2D eigenvalue weighted by Gasteiger charge is -2.36. The zero-order valence-electron chi connectivity index (χ0n) is 15.6. The van der Waals surface area contributed by atoms with Crippen LogP contribution < -0.4 is 0 Å². The van der Waals surface area contributed by atoms with Crippen LogP contribution in [0.15, 0.2) is 54.6 Å². The summed E-state index contributed by atoms with van der Waals surface area (Å²) in [6.45, 7) is 3.95. The third kappa shape index (κ3) is 3.81. The second-order valence-electron chi connectivity index (χ2n) is 7.51. The second kappa shape index (κ2) is 8.05. The number of likely N-dealkylation sites (tertiary alicyclic amines) is 2. The Morgan fingerprint density at radius 3 is 2.00 bits per heavy atom. The summed E-state index contributed by atoms with van der Waals surface area (Å²) in [4.78, 5) is 30.5. The fourth-order valence-electron chi connectivity index (χ4n) is 4.32. The lowest BCUT2D eigenvalue weighted by molar-refractivity contribution is 0.0641. The maximum Gasteiger partial charge on any atom is 0.254 e. The summed E-state index contributed by atoms with van der Waals surface area (Å²) in [5.74, 6) is -0.110. The monoisotopic (exact) mass is 362 g/mol. The second-order valence-corrected chi connectivity index (χ2v) is 7.51. The van der Waals surface area contributed by atoms with Crippen LogP contribution in [0.2, 0.25) is 0 Å². The smallest absolute Gasteiger partial charge is 0.254 e. The molecule has 0 saturated carbocycles. The maximum atomic E-state index is 13.1. The molecule has 2 fully saturated rings. The van der Waals surface area contributed by atoms with Crippen molar-refractivity contribution in [3.8, 4) is 0 Å². The number of hydrogen-bond donors (Lipinski definition) is 0. The minimum Gasteiger partial charge on any atom is -0.339 e. The van der Waals surface area contributed by atoms with E-state index in [1.807, 2.05) is 35.2 Å². The van der Waals surface area contributed by atoms with Gasteiger partial charge in [-0.15, -0.1) is 0 Å². The summed E-state index contributed by atoms with van der Waals surface area (Å²) in [6, 6.07) is 17.0. The van der Waals surface area contributed by atoms with Gasteiger partial charge >= 0.3 is 0 Å². The van der Waals surface area contributed by atoms with Crippen LogP contribution in [0.3, 0.4) is 0 Å². The van der Waals surface area contributed by atoms with Crippen molar-refractivity contribution in [2.75, 3.05) is 26.2 Å². The third-order valence-electron chi connectivity index (χ3n) is 5.85. The van der Waals surface area contributed by atoms with Gasteiger partial charge in [-0.3, -0.25) is 9.59 Å². The quantitative estimate of drug-likeness (QED) is 0.780. The molecule has 2 aromatic rings. The number of amides is 1. The Kier molecular flexibility index (Phi) is 5.35. The highest BCUT2D eigenvalue weighted by Crippen LogP contribution is 2.23. The first-order chi connectivity index (χ1) is 13.2. The predicted molar refractivity (Wildman–Crippen MR) is 106 cm³/mol. The Morgan fingerprint density at radius 2 is 1.33 bits per heavy atom. The Balaban J connectivity index is 1.49. The Morgan fingerprint density at radius 1 is 0.741 bits per heavy atom. The van der Waals surface area contributed by atoms with Crippen molar-refractivity contribution in [3.63, 3.8) is 0 Å². The third-order valence-corrected chi connectivity index (χ3v) is 5.85. The van der Waals surface area contributed by atoms with E-state index < -0.39 is 0 Å². The number of rotatable bonds is 4. The zero-order valence-corrected chi connectivity index (χ0v) is 15.6. The molecule has 0 N–H and O–H groups in total. The van der Waals surface area contributed by atoms with Gasteiger partial charge in [0.1, 0.15) is 0 Å². The maximum absolute atomic E-state index is 13.1. The molecule has 2 saturated heterocycles. The van der Waals surface area contributed by atoms with Gasteiger partial charge in [-0.2, -0.15) is 0 Å². The van der Waals surface area contributed by atoms with E-state index >= 15 is 0 Å². The van der Waals surface area contributed by atoms with Crippen molar-refractivity contribution in [2.45, 2.75) is 31.7 Å². The van der Waals surface area contributed by atoms with Crippen molar-refractivity contribution in [2.24, 2.45) is 0 Å². The fraction of sp³-hybridized carbons (Fsp3) is 0.391. The molecule has 2 aromatic carbocycles. The van der Waals surface area contributed by atoms with E-state index in [0.29, 0.717) is 22.7 Å². The number of carbonyl (C=O) groups excluding carboxylic acids is 2. The summed E-state index contributed by atoms with van der Waals surface area (Å²) in [5.41, 5.74) is 1.63. The minimum atomic E-state index is -0.0912. The number of carbonyl (C=O) groups is 2. The van der Waals surface area contributed by atoms with Gasteiger partial charge in [0, 0.05) is 30.3 Å². The summed E-state index contributed by atoms with van der Waals surface area (Å²) in [5, 5.41) is 0. The lowest BCUT2D eigenvalue weighted by atomic mass is 9.96.